The standard InChI is InChI=1S/C13H24N4/c1-4-6-8-11(7-5-2)16-12-10(3)9-15-13(14)17-12/h9,11H,4-8H2,1-3H3,(H3,14,15,16,17). The lowest BCUT2D eigenvalue weighted by Gasteiger charge is -2.19. The molecule has 1 heterocycles. The summed E-state index contributed by atoms with van der Waals surface area (Å²) in [5.41, 5.74) is 6.67. The van der Waals surface area contributed by atoms with Crippen LogP contribution in [0.3, 0.4) is 0 Å². The SMILES string of the molecule is CCCCC(CCC)Nc1nc(N)ncc1C. The van der Waals surface area contributed by atoms with Crippen molar-refractivity contribution < 1.29 is 0 Å². The molecule has 0 aliphatic carbocycles. The van der Waals surface area contributed by atoms with E-state index in [-0.39, 0.29) is 0 Å². The minimum absolute atomic E-state index is 0.337. The van der Waals surface area contributed by atoms with Crippen LogP contribution in [0.5, 0.6) is 0 Å². The molecule has 0 spiro atoms. The van der Waals surface area contributed by atoms with E-state index < -0.39 is 0 Å². The van der Waals surface area contributed by atoms with Gasteiger partial charge in [0.15, 0.2) is 0 Å². The molecular weight excluding hydrogens is 212 g/mol. The number of nitrogens with two attached hydrogens (primary N) is 1. The van der Waals surface area contributed by atoms with Crippen LogP contribution in [0.4, 0.5) is 11.8 Å². The Morgan fingerprint density at radius 1 is 1.29 bits per heavy atom. The molecule has 0 fully saturated rings. The highest BCUT2D eigenvalue weighted by atomic mass is 15.1. The van der Waals surface area contributed by atoms with Crippen LogP contribution in [-0.4, -0.2) is 16.0 Å². The number of nitrogen functional groups attached to an aromatic ring is 1. The molecule has 17 heavy (non-hydrogen) atoms. The van der Waals surface area contributed by atoms with Gasteiger partial charge in [0, 0.05) is 17.8 Å². The van der Waals surface area contributed by atoms with Crippen molar-refractivity contribution in [2.24, 2.45) is 0 Å². The summed E-state index contributed by atoms with van der Waals surface area (Å²) in [5.74, 6) is 1.22. The zero-order valence-electron chi connectivity index (χ0n) is 11.2. The smallest absolute Gasteiger partial charge is 0.221 e. The fourth-order valence-electron chi connectivity index (χ4n) is 1.88. The predicted molar refractivity (Wildman–Crippen MR) is 73.0 cm³/mol. The first-order valence-corrected chi connectivity index (χ1v) is 6.53. The fraction of sp³-hybridized carbons (Fsp3) is 0.692. The average molecular weight is 236 g/mol. The summed E-state index contributed by atoms with van der Waals surface area (Å²) < 4.78 is 0. The molecule has 4 heteroatoms. The largest absolute Gasteiger partial charge is 0.368 e. The van der Waals surface area contributed by atoms with Gasteiger partial charge in [0.05, 0.1) is 0 Å². The van der Waals surface area contributed by atoms with E-state index in [1.807, 2.05) is 6.92 Å². The Labute approximate surface area is 104 Å². The van der Waals surface area contributed by atoms with E-state index in [9.17, 15) is 0 Å². The van der Waals surface area contributed by atoms with E-state index in [1.165, 1.54) is 32.1 Å². The summed E-state index contributed by atoms with van der Waals surface area (Å²) >= 11 is 0. The lowest BCUT2D eigenvalue weighted by Crippen LogP contribution is -2.21. The highest BCUT2D eigenvalue weighted by molar-refractivity contribution is 5.45. The quantitative estimate of drug-likeness (QED) is 0.763. The molecule has 1 rings (SSSR count). The number of anilines is 2. The number of hydrogen-bond donors (Lipinski definition) is 2. The van der Waals surface area contributed by atoms with Crippen LogP contribution in [0.25, 0.3) is 0 Å². The highest BCUT2D eigenvalue weighted by Gasteiger charge is 2.10. The first-order valence-electron chi connectivity index (χ1n) is 6.53. The van der Waals surface area contributed by atoms with Crippen LogP contribution < -0.4 is 11.1 Å². The second-order valence-electron chi connectivity index (χ2n) is 4.53. The molecule has 0 radical (unpaired) electrons. The number of nitrogens with one attached hydrogen (secondary N) is 1. The number of aryl methyl sites for hydroxylation is 1. The van der Waals surface area contributed by atoms with Gasteiger partial charge in [-0.3, -0.25) is 0 Å². The van der Waals surface area contributed by atoms with E-state index in [2.05, 4.69) is 29.1 Å². The minimum atomic E-state index is 0.337. The Morgan fingerprint density at radius 3 is 2.71 bits per heavy atom. The monoisotopic (exact) mass is 236 g/mol. The van der Waals surface area contributed by atoms with Crippen LogP contribution >= 0.6 is 0 Å². The molecule has 1 aromatic heterocycles. The number of nitrogens with zero attached hydrogens (tertiary/aromatic N) is 2. The lowest BCUT2D eigenvalue weighted by atomic mass is 10.1. The predicted octanol–water partition coefficient (Wildman–Crippen LogP) is 3.14. The maximum Gasteiger partial charge on any atom is 0.221 e. The van der Waals surface area contributed by atoms with Gasteiger partial charge in [0.1, 0.15) is 5.82 Å². The second kappa shape index (κ2) is 7.09. The maximum absolute atomic E-state index is 5.62. The normalized spacial score (nSPS) is 12.4. The Morgan fingerprint density at radius 2 is 2.06 bits per heavy atom. The maximum atomic E-state index is 5.62. The van der Waals surface area contributed by atoms with Crippen molar-refractivity contribution in [3.63, 3.8) is 0 Å². The molecular formula is C13H24N4. The molecule has 96 valence electrons. The number of rotatable bonds is 7. The van der Waals surface area contributed by atoms with Crippen molar-refractivity contribution in [1.29, 1.82) is 0 Å². The van der Waals surface area contributed by atoms with Gasteiger partial charge >= 0.3 is 0 Å². The minimum Gasteiger partial charge on any atom is -0.368 e. The van der Waals surface area contributed by atoms with Crippen LogP contribution in [0.2, 0.25) is 0 Å². The Kier molecular flexibility index (Phi) is 5.73. The van der Waals surface area contributed by atoms with Gasteiger partial charge in [-0.25, -0.2) is 4.98 Å². The van der Waals surface area contributed by atoms with Crippen molar-refractivity contribution in [2.45, 2.75) is 58.9 Å². The second-order valence-corrected chi connectivity index (χ2v) is 4.53. The molecule has 0 bridgehead atoms. The molecule has 1 atom stereocenters. The Bertz CT molecular complexity index is 338. The number of aromatic nitrogens is 2. The fourth-order valence-corrected chi connectivity index (χ4v) is 1.88. The Hall–Kier alpha value is -1.32. The molecule has 1 aromatic rings. The van der Waals surface area contributed by atoms with Gasteiger partial charge in [0.2, 0.25) is 5.95 Å². The molecule has 4 nitrogen and oxygen atoms in total. The lowest BCUT2D eigenvalue weighted by molar-refractivity contribution is 0.562. The highest BCUT2D eigenvalue weighted by Crippen LogP contribution is 2.17. The molecule has 0 amide bonds. The molecule has 1 unspecified atom stereocenters. The van der Waals surface area contributed by atoms with Crippen molar-refractivity contribution in [3.8, 4) is 0 Å². The summed E-state index contributed by atoms with van der Waals surface area (Å²) in [6, 6.07) is 0.493. The molecule has 0 aromatic carbocycles. The van der Waals surface area contributed by atoms with Crippen LogP contribution in [0.15, 0.2) is 6.20 Å². The molecule has 0 saturated carbocycles. The molecule has 3 N–H and O–H groups in total. The Balaban J connectivity index is 2.67. The van der Waals surface area contributed by atoms with E-state index in [0.717, 1.165) is 11.4 Å². The van der Waals surface area contributed by atoms with Crippen LogP contribution in [0, 0.1) is 6.92 Å². The van der Waals surface area contributed by atoms with Gasteiger partial charge in [-0.2, -0.15) is 4.98 Å². The number of unbranched alkanes of at least 4 members (excludes halogenated alkanes) is 1. The summed E-state index contributed by atoms with van der Waals surface area (Å²) in [5, 5.41) is 3.49. The topological polar surface area (TPSA) is 63.8 Å². The summed E-state index contributed by atoms with van der Waals surface area (Å²) in [4.78, 5) is 8.24. The van der Waals surface area contributed by atoms with Crippen LogP contribution in [-0.2, 0) is 0 Å². The van der Waals surface area contributed by atoms with E-state index in [4.69, 9.17) is 5.73 Å². The molecule has 0 aliphatic rings. The van der Waals surface area contributed by atoms with Crippen molar-refractivity contribution >= 4 is 11.8 Å². The van der Waals surface area contributed by atoms with E-state index in [1.54, 1.807) is 6.20 Å². The zero-order valence-corrected chi connectivity index (χ0v) is 11.2. The van der Waals surface area contributed by atoms with Crippen molar-refractivity contribution in [2.75, 3.05) is 11.1 Å². The first-order chi connectivity index (χ1) is 8.17. The van der Waals surface area contributed by atoms with Gasteiger partial charge < -0.3 is 11.1 Å². The summed E-state index contributed by atoms with van der Waals surface area (Å²) in [6.07, 6.45) is 7.79. The van der Waals surface area contributed by atoms with Crippen molar-refractivity contribution in [1.82, 2.24) is 9.97 Å². The van der Waals surface area contributed by atoms with Gasteiger partial charge in [-0.05, 0) is 19.8 Å². The van der Waals surface area contributed by atoms with Gasteiger partial charge in [0.25, 0.3) is 0 Å². The van der Waals surface area contributed by atoms with Gasteiger partial charge in [-0.15, -0.1) is 0 Å². The third kappa shape index (κ3) is 4.59. The number of hydrogen-bond acceptors (Lipinski definition) is 4. The summed E-state index contributed by atoms with van der Waals surface area (Å²) in [7, 11) is 0. The van der Waals surface area contributed by atoms with E-state index in [0.29, 0.717) is 12.0 Å². The zero-order chi connectivity index (χ0) is 12.7. The van der Waals surface area contributed by atoms with Gasteiger partial charge in [-0.1, -0.05) is 33.1 Å². The summed E-state index contributed by atoms with van der Waals surface area (Å²) in [6.45, 7) is 6.43. The third-order valence-electron chi connectivity index (χ3n) is 2.87. The van der Waals surface area contributed by atoms with Crippen molar-refractivity contribution in [3.05, 3.63) is 11.8 Å². The average Bonchev–Trinajstić information content (AvgIpc) is 2.31. The van der Waals surface area contributed by atoms with E-state index >= 15 is 0 Å². The van der Waals surface area contributed by atoms with Crippen LogP contribution in [0.1, 0.15) is 51.5 Å². The third-order valence-corrected chi connectivity index (χ3v) is 2.87. The first kappa shape index (κ1) is 13.7. The molecule has 0 aliphatic heterocycles. The molecule has 0 saturated heterocycles.